The van der Waals surface area contributed by atoms with Gasteiger partial charge in [-0.2, -0.15) is 0 Å². The molecule has 2 aromatic rings. The zero-order valence-electron chi connectivity index (χ0n) is 23.5. The van der Waals surface area contributed by atoms with Crippen LogP contribution in [-0.4, -0.2) is 63.0 Å². The molecule has 5 rings (SSSR count). The minimum absolute atomic E-state index is 0.0509. The van der Waals surface area contributed by atoms with Gasteiger partial charge in [0.15, 0.2) is 0 Å². The summed E-state index contributed by atoms with van der Waals surface area (Å²) in [6.07, 6.45) is 0.748. The van der Waals surface area contributed by atoms with Crippen molar-refractivity contribution in [3.05, 3.63) is 60.2 Å². The summed E-state index contributed by atoms with van der Waals surface area (Å²) in [4.78, 5) is 43.8. The van der Waals surface area contributed by atoms with Gasteiger partial charge in [0.1, 0.15) is 11.8 Å². The number of ether oxygens (including phenoxy) is 1. The van der Waals surface area contributed by atoms with Gasteiger partial charge < -0.3 is 25.4 Å². The largest absolute Gasteiger partial charge is 0.494 e. The summed E-state index contributed by atoms with van der Waals surface area (Å²) in [5.74, 6) is -1.15. The van der Waals surface area contributed by atoms with Crippen molar-refractivity contribution in [2.24, 2.45) is 23.7 Å². The molecular formula is C31H39N3O5S. The number of hydrogen-bond donors (Lipinski definition) is 3. The van der Waals surface area contributed by atoms with Crippen LogP contribution in [-0.2, 0) is 20.9 Å². The van der Waals surface area contributed by atoms with Gasteiger partial charge >= 0.3 is 0 Å². The molecule has 3 unspecified atom stereocenters. The molecule has 3 aliphatic rings. The number of aliphatic hydroxyl groups is 1. The predicted molar refractivity (Wildman–Crippen MR) is 156 cm³/mol. The highest BCUT2D eigenvalue weighted by molar-refractivity contribution is 8.02. The van der Waals surface area contributed by atoms with E-state index in [-0.39, 0.29) is 41.4 Å². The summed E-state index contributed by atoms with van der Waals surface area (Å²) in [5, 5.41) is 16.4. The maximum Gasteiger partial charge on any atom is 0.244 e. The van der Waals surface area contributed by atoms with Crippen LogP contribution in [0.15, 0.2) is 54.6 Å². The van der Waals surface area contributed by atoms with Gasteiger partial charge in [0, 0.05) is 17.5 Å². The number of thioether (sulfide) groups is 1. The number of likely N-dealkylation sites (tertiary alicyclic amines) is 1. The number of aliphatic hydroxyl groups excluding tert-OH is 1. The van der Waals surface area contributed by atoms with Crippen LogP contribution in [0.4, 0.5) is 5.69 Å². The second kappa shape index (κ2) is 11.4. The van der Waals surface area contributed by atoms with Crippen LogP contribution in [0.5, 0.6) is 5.75 Å². The summed E-state index contributed by atoms with van der Waals surface area (Å²) in [6, 6.07) is 15.6. The summed E-state index contributed by atoms with van der Waals surface area (Å²) in [7, 11) is 0. The number of carbonyl (C=O) groups excluding carboxylic acids is 3. The van der Waals surface area contributed by atoms with Crippen LogP contribution in [0.25, 0.3) is 0 Å². The first-order chi connectivity index (χ1) is 19.2. The maximum absolute atomic E-state index is 14.3. The van der Waals surface area contributed by atoms with Crippen molar-refractivity contribution in [1.82, 2.24) is 10.2 Å². The Morgan fingerprint density at radius 3 is 2.45 bits per heavy atom. The van der Waals surface area contributed by atoms with E-state index < -0.39 is 28.7 Å². The summed E-state index contributed by atoms with van der Waals surface area (Å²) in [5.41, 5.74) is 1.60. The van der Waals surface area contributed by atoms with E-state index in [9.17, 15) is 19.5 Å². The molecule has 40 heavy (non-hydrogen) atoms. The molecule has 0 saturated carbocycles. The number of amides is 3. The van der Waals surface area contributed by atoms with Crippen LogP contribution in [0.2, 0.25) is 0 Å². The Balaban J connectivity index is 1.46. The summed E-state index contributed by atoms with van der Waals surface area (Å²) in [6.45, 7) is 8.55. The quantitative estimate of drug-likeness (QED) is 0.406. The van der Waals surface area contributed by atoms with Gasteiger partial charge in [-0.1, -0.05) is 51.1 Å². The molecule has 3 saturated heterocycles. The zero-order chi connectivity index (χ0) is 28.6. The van der Waals surface area contributed by atoms with Crippen molar-refractivity contribution in [3.8, 4) is 5.75 Å². The molecule has 0 aliphatic carbocycles. The van der Waals surface area contributed by atoms with Gasteiger partial charge in [-0.15, -0.1) is 11.8 Å². The second-order valence-electron chi connectivity index (χ2n) is 11.4. The minimum atomic E-state index is -0.776. The standard InChI is InChI=1S/C31H39N3O5S/c1-5-39-22-13-11-21(12-14-22)33-28(36)25-24-15-19(4)31(40-24)26(25)30(38)34(23(17-35)18(2)3)27(31)29(37)32-16-20-9-7-6-8-10-20/h6-14,18-19,23-27,35H,5,15-17H2,1-4H3,(H,32,37)(H,33,36)/t19?,23-,24-,25+,26-,27?,31?/m0/s1. The molecule has 0 aromatic heterocycles. The van der Waals surface area contributed by atoms with Crippen molar-refractivity contribution in [1.29, 1.82) is 0 Å². The van der Waals surface area contributed by atoms with E-state index in [0.29, 0.717) is 18.8 Å². The van der Waals surface area contributed by atoms with Crippen LogP contribution >= 0.6 is 11.8 Å². The highest BCUT2D eigenvalue weighted by Gasteiger charge is 2.76. The fraction of sp³-hybridized carbons (Fsp3) is 0.516. The Hall–Kier alpha value is -3.04. The molecule has 2 aromatic carbocycles. The molecule has 3 amide bonds. The lowest BCUT2D eigenvalue weighted by Gasteiger charge is -2.40. The Bertz CT molecular complexity index is 1240. The van der Waals surface area contributed by atoms with Crippen LogP contribution in [0.1, 0.15) is 39.7 Å². The number of fused-ring (bicyclic) bond motifs is 1. The lowest BCUT2D eigenvalue weighted by atomic mass is 9.66. The van der Waals surface area contributed by atoms with Crippen molar-refractivity contribution >= 4 is 35.2 Å². The number of anilines is 1. The Morgan fingerprint density at radius 1 is 1.12 bits per heavy atom. The van der Waals surface area contributed by atoms with Crippen molar-refractivity contribution in [2.45, 2.75) is 62.7 Å². The third kappa shape index (κ3) is 4.77. The fourth-order valence-corrected chi connectivity index (χ4v) is 9.35. The molecule has 8 nitrogen and oxygen atoms in total. The van der Waals surface area contributed by atoms with E-state index in [2.05, 4.69) is 17.6 Å². The molecule has 9 heteroatoms. The Kier molecular flexibility index (Phi) is 8.15. The number of benzene rings is 2. The first-order valence-electron chi connectivity index (χ1n) is 14.2. The summed E-state index contributed by atoms with van der Waals surface area (Å²) < 4.78 is 4.77. The Labute approximate surface area is 240 Å². The van der Waals surface area contributed by atoms with Gasteiger partial charge in [0.05, 0.1) is 35.8 Å². The Morgan fingerprint density at radius 2 is 1.82 bits per heavy atom. The highest BCUT2D eigenvalue weighted by Crippen LogP contribution is 2.69. The lowest BCUT2D eigenvalue weighted by Crippen LogP contribution is -2.59. The van der Waals surface area contributed by atoms with Crippen LogP contribution in [0.3, 0.4) is 0 Å². The van der Waals surface area contributed by atoms with Crippen molar-refractivity contribution in [2.75, 3.05) is 18.5 Å². The van der Waals surface area contributed by atoms with Crippen LogP contribution < -0.4 is 15.4 Å². The molecule has 3 fully saturated rings. The van der Waals surface area contributed by atoms with Gasteiger partial charge in [-0.25, -0.2) is 0 Å². The monoisotopic (exact) mass is 565 g/mol. The topological polar surface area (TPSA) is 108 Å². The average molecular weight is 566 g/mol. The van der Waals surface area contributed by atoms with E-state index in [1.807, 2.05) is 63.2 Å². The smallest absolute Gasteiger partial charge is 0.244 e. The molecule has 3 N–H and O–H groups in total. The molecular weight excluding hydrogens is 526 g/mol. The van der Waals surface area contributed by atoms with Crippen molar-refractivity contribution in [3.63, 3.8) is 0 Å². The van der Waals surface area contributed by atoms with Gasteiger partial charge in [0.25, 0.3) is 0 Å². The third-order valence-electron chi connectivity index (χ3n) is 8.79. The molecule has 2 bridgehead atoms. The molecule has 3 aliphatic heterocycles. The fourth-order valence-electron chi connectivity index (χ4n) is 6.94. The molecule has 0 radical (unpaired) electrons. The normalized spacial score (nSPS) is 29.4. The van der Waals surface area contributed by atoms with Gasteiger partial charge in [-0.3, -0.25) is 14.4 Å². The second-order valence-corrected chi connectivity index (χ2v) is 13.0. The van der Waals surface area contributed by atoms with E-state index >= 15 is 0 Å². The minimum Gasteiger partial charge on any atom is -0.494 e. The van der Waals surface area contributed by atoms with E-state index in [1.54, 1.807) is 28.8 Å². The number of nitrogens with zero attached hydrogens (tertiary/aromatic N) is 1. The van der Waals surface area contributed by atoms with Gasteiger partial charge in [0.2, 0.25) is 17.7 Å². The number of nitrogens with one attached hydrogen (secondary N) is 2. The van der Waals surface area contributed by atoms with E-state index in [0.717, 1.165) is 17.7 Å². The lowest BCUT2D eigenvalue weighted by molar-refractivity contribution is -0.143. The zero-order valence-corrected chi connectivity index (χ0v) is 24.3. The van der Waals surface area contributed by atoms with E-state index in [1.165, 1.54) is 0 Å². The third-order valence-corrected chi connectivity index (χ3v) is 10.9. The van der Waals surface area contributed by atoms with Gasteiger partial charge in [-0.05, 0) is 55.0 Å². The number of carbonyl (C=O) groups is 3. The number of hydrogen-bond acceptors (Lipinski definition) is 6. The maximum atomic E-state index is 14.3. The molecule has 3 heterocycles. The molecule has 214 valence electrons. The van der Waals surface area contributed by atoms with E-state index in [4.69, 9.17) is 4.74 Å². The van der Waals surface area contributed by atoms with Crippen molar-refractivity contribution < 1.29 is 24.2 Å². The average Bonchev–Trinajstić information content (AvgIpc) is 3.53. The first-order valence-corrected chi connectivity index (χ1v) is 15.1. The summed E-state index contributed by atoms with van der Waals surface area (Å²) >= 11 is 1.63. The molecule has 1 spiro atoms. The number of rotatable bonds is 10. The predicted octanol–water partition coefficient (Wildman–Crippen LogP) is 3.69. The SMILES string of the molecule is CCOc1ccc(NC(=O)[C@@H]2[C@@H]3CC(C)C4(S3)C(C(=O)NCc3ccccc3)N([C@@H](CO)C(C)C)C(=O)[C@H]24)cc1. The molecule has 7 atom stereocenters. The highest BCUT2D eigenvalue weighted by atomic mass is 32.2. The first kappa shape index (κ1) is 28.5. The van der Waals surface area contributed by atoms with Crippen LogP contribution in [0, 0.1) is 23.7 Å².